The summed E-state index contributed by atoms with van der Waals surface area (Å²) >= 11 is 0. The van der Waals surface area contributed by atoms with Crippen molar-refractivity contribution in [3.8, 4) is 6.07 Å². The number of nitrogens with zero attached hydrogens (tertiary/aromatic N) is 2. The van der Waals surface area contributed by atoms with Gasteiger partial charge in [0.05, 0.1) is 11.6 Å². The molecule has 3 nitrogen and oxygen atoms in total. The van der Waals surface area contributed by atoms with Gasteiger partial charge in [0.15, 0.2) is 0 Å². The van der Waals surface area contributed by atoms with Crippen LogP contribution in [0.2, 0.25) is 0 Å². The Morgan fingerprint density at radius 2 is 2.25 bits per heavy atom. The first-order valence-corrected chi connectivity index (χ1v) is 5.40. The topological polar surface area (TPSA) is 44.1 Å². The molecule has 0 aliphatic carbocycles. The molecule has 16 heavy (non-hydrogen) atoms. The van der Waals surface area contributed by atoms with E-state index in [1.165, 1.54) is 0 Å². The molecule has 84 valence electrons. The van der Waals surface area contributed by atoms with Gasteiger partial charge in [-0.05, 0) is 24.1 Å². The van der Waals surface area contributed by atoms with Crippen LogP contribution in [-0.2, 0) is 11.2 Å². The Morgan fingerprint density at radius 1 is 1.50 bits per heavy atom. The second-order valence-corrected chi connectivity index (χ2v) is 3.73. The molecule has 0 unspecified atom stereocenters. The number of hydrogen-bond donors (Lipinski definition) is 0. The minimum Gasteiger partial charge on any atom is -0.345 e. The van der Waals surface area contributed by atoms with Gasteiger partial charge < -0.3 is 4.90 Å². The molecule has 0 spiro atoms. The van der Waals surface area contributed by atoms with Crippen LogP contribution in [-0.4, -0.2) is 24.4 Å². The highest BCUT2D eigenvalue weighted by Crippen LogP contribution is 2.05. The fourth-order valence-corrected chi connectivity index (χ4v) is 1.49. The lowest BCUT2D eigenvalue weighted by Crippen LogP contribution is -2.27. The molecule has 1 rings (SSSR count). The maximum atomic E-state index is 11.3. The van der Waals surface area contributed by atoms with E-state index < -0.39 is 0 Å². The minimum atomic E-state index is 0.149. The highest BCUT2D eigenvalue weighted by molar-refractivity contribution is 5.75. The zero-order chi connectivity index (χ0) is 12.0. The smallest absolute Gasteiger partial charge is 0.222 e. The first-order chi connectivity index (χ1) is 7.67. The lowest BCUT2D eigenvalue weighted by atomic mass is 10.1. The van der Waals surface area contributed by atoms with Gasteiger partial charge >= 0.3 is 0 Å². The normalized spacial score (nSPS) is 9.56. The lowest BCUT2D eigenvalue weighted by molar-refractivity contribution is -0.129. The van der Waals surface area contributed by atoms with Crippen LogP contribution in [0.3, 0.4) is 0 Å². The monoisotopic (exact) mass is 216 g/mol. The molecule has 0 fully saturated rings. The molecule has 1 aromatic rings. The zero-order valence-corrected chi connectivity index (χ0v) is 9.73. The number of rotatable bonds is 4. The summed E-state index contributed by atoms with van der Waals surface area (Å²) in [6.45, 7) is 2.55. The Balaban J connectivity index is 2.55. The van der Waals surface area contributed by atoms with E-state index in [0.29, 0.717) is 18.5 Å². The molecule has 0 saturated heterocycles. The fourth-order valence-electron chi connectivity index (χ4n) is 1.49. The third-order valence-corrected chi connectivity index (χ3v) is 2.52. The van der Waals surface area contributed by atoms with E-state index in [2.05, 4.69) is 6.07 Å². The largest absolute Gasteiger partial charge is 0.345 e. The van der Waals surface area contributed by atoms with Crippen molar-refractivity contribution < 1.29 is 4.79 Å². The number of nitriles is 1. The molecular weight excluding hydrogens is 200 g/mol. The summed E-state index contributed by atoms with van der Waals surface area (Å²) < 4.78 is 0. The molecule has 1 aromatic carbocycles. The van der Waals surface area contributed by atoms with Gasteiger partial charge in [-0.1, -0.05) is 19.1 Å². The molecule has 0 heterocycles. The van der Waals surface area contributed by atoms with Gasteiger partial charge in [-0.15, -0.1) is 0 Å². The van der Waals surface area contributed by atoms with E-state index in [1.54, 1.807) is 18.0 Å². The molecule has 3 heteroatoms. The molecule has 0 bridgehead atoms. The van der Waals surface area contributed by atoms with E-state index >= 15 is 0 Å². The summed E-state index contributed by atoms with van der Waals surface area (Å²) in [4.78, 5) is 13.1. The van der Waals surface area contributed by atoms with E-state index in [1.807, 2.05) is 25.1 Å². The van der Waals surface area contributed by atoms with Crippen molar-refractivity contribution >= 4 is 5.91 Å². The summed E-state index contributed by atoms with van der Waals surface area (Å²) in [5, 5.41) is 8.75. The van der Waals surface area contributed by atoms with E-state index in [0.717, 1.165) is 12.0 Å². The summed E-state index contributed by atoms with van der Waals surface area (Å²) in [7, 11) is 1.81. The molecule has 1 amide bonds. The van der Waals surface area contributed by atoms with Crippen LogP contribution in [0.15, 0.2) is 24.3 Å². The van der Waals surface area contributed by atoms with Crippen LogP contribution in [0.4, 0.5) is 0 Å². The first-order valence-electron chi connectivity index (χ1n) is 5.40. The summed E-state index contributed by atoms with van der Waals surface area (Å²) in [5.74, 6) is 0.149. The number of benzene rings is 1. The Labute approximate surface area is 96.3 Å². The Morgan fingerprint density at radius 3 is 2.88 bits per heavy atom. The highest BCUT2D eigenvalue weighted by atomic mass is 16.2. The molecule has 0 atom stereocenters. The van der Waals surface area contributed by atoms with Crippen LogP contribution in [0, 0.1) is 11.3 Å². The predicted octanol–water partition coefficient (Wildman–Crippen LogP) is 1.97. The SMILES string of the molecule is CCC(=O)N(C)CCc1cccc(C#N)c1. The van der Waals surface area contributed by atoms with Gasteiger partial charge in [-0.3, -0.25) is 4.79 Å². The van der Waals surface area contributed by atoms with Gasteiger partial charge in [-0.2, -0.15) is 5.26 Å². The standard InChI is InChI=1S/C13H16N2O/c1-3-13(16)15(2)8-7-11-5-4-6-12(9-11)10-14/h4-6,9H,3,7-8H2,1-2H3. The van der Waals surface area contributed by atoms with E-state index in [9.17, 15) is 4.79 Å². The van der Waals surface area contributed by atoms with Crippen molar-refractivity contribution in [3.05, 3.63) is 35.4 Å². The maximum Gasteiger partial charge on any atom is 0.222 e. The van der Waals surface area contributed by atoms with Gasteiger partial charge in [0.2, 0.25) is 5.91 Å². The Bertz CT molecular complexity index is 407. The van der Waals surface area contributed by atoms with Gasteiger partial charge in [0.1, 0.15) is 0 Å². The number of carbonyl (C=O) groups is 1. The number of hydrogen-bond acceptors (Lipinski definition) is 2. The van der Waals surface area contributed by atoms with Crippen molar-refractivity contribution in [3.63, 3.8) is 0 Å². The van der Waals surface area contributed by atoms with Crippen LogP contribution < -0.4 is 0 Å². The summed E-state index contributed by atoms with van der Waals surface area (Å²) in [6.07, 6.45) is 1.33. The van der Waals surface area contributed by atoms with Gasteiger partial charge in [0.25, 0.3) is 0 Å². The average molecular weight is 216 g/mol. The number of likely N-dealkylation sites (N-methyl/N-ethyl adjacent to an activating group) is 1. The lowest BCUT2D eigenvalue weighted by Gasteiger charge is -2.15. The second-order valence-electron chi connectivity index (χ2n) is 3.73. The van der Waals surface area contributed by atoms with Crippen molar-refractivity contribution in [2.45, 2.75) is 19.8 Å². The Kier molecular flexibility index (Phi) is 4.53. The van der Waals surface area contributed by atoms with Crippen molar-refractivity contribution in [1.82, 2.24) is 4.90 Å². The van der Waals surface area contributed by atoms with Crippen LogP contribution in [0.1, 0.15) is 24.5 Å². The van der Waals surface area contributed by atoms with Crippen molar-refractivity contribution in [2.24, 2.45) is 0 Å². The Hall–Kier alpha value is -1.82. The quantitative estimate of drug-likeness (QED) is 0.772. The van der Waals surface area contributed by atoms with E-state index in [-0.39, 0.29) is 5.91 Å². The predicted molar refractivity (Wildman–Crippen MR) is 62.8 cm³/mol. The molecule has 0 radical (unpaired) electrons. The van der Waals surface area contributed by atoms with Gasteiger partial charge in [-0.25, -0.2) is 0 Å². The molecule has 0 aromatic heterocycles. The van der Waals surface area contributed by atoms with E-state index in [4.69, 9.17) is 5.26 Å². The summed E-state index contributed by atoms with van der Waals surface area (Å²) in [6, 6.07) is 9.60. The summed E-state index contributed by atoms with van der Waals surface area (Å²) in [5.41, 5.74) is 1.76. The molecule has 0 aliphatic heterocycles. The van der Waals surface area contributed by atoms with Gasteiger partial charge in [0, 0.05) is 20.0 Å². The molecule has 0 aliphatic rings. The third-order valence-electron chi connectivity index (χ3n) is 2.52. The first kappa shape index (κ1) is 12.3. The molecular formula is C13H16N2O. The van der Waals surface area contributed by atoms with Crippen molar-refractivity contribution in [1.29, 1.82) is 5.26 Å². The number of carbonyl (C=O) groups excluding carboxylic acids is 1. The zero-order valence-electron chi connectivity index (χ0n) is 9.73. The second kappa shape index (κ2) is 5.92. The highest BCUT2D eigenvalue weighted by Gasteiger charge is 2.05. The third kappa shape index (κ3) is 3.39. The van der Waals surface area contributed by atoms with Crippen molar-refractivity contribution in [2.75, 3.05) is 13.6 Å². The average Bonchev–Trinajstić information content (AvgIpc) is 2.35. The van der Waals surface area contributed by atoms with Crippen LogP contribution >= 0.6 is 0 Å². The number of amides is 1. The van der Waals surface area contributed by atoms with Crippen LogP contribution in [0.25, 0.3) is 0 Å². The van der Waals surface area contributed by atoms with Crippen LogP contribution in [0.5, 0.6) is 0 Å². The minimum absolute atomic E-state index is 0.149. The maximum absolute atomic E-state index is 11.3. The molecule has 0 N–H and O–H groups in total. The fraction of sp³-hybridized carbons (Fsp3) is 0.385. The molecule has 0 saturated carbocycles.